The van der Waals surface area contributed by atoms with E-state index in [1.54, 1.807) is 5.57 Å². The molecule has 4 saturated carbocycles. The van der Waals surface area contributed by atoms with Crippen molar-refractivity contribution in [3.8, 4) is 0 Å². The maximum absolute atomic E-state index is 13.7. The third-order valence-corrected chi connectivity index (χ3v) is 19.4. The van der Waals surface area contributed by atoms with Gasteiger partial charge in [-0.15, -0.1) is 0 Å². The fourth-order valence-electron chi connectivity index (χ4n) is 15.6. The quantitative estimate of drug-likeness (QED) is 0.0818. The molecule has 0 aromatic carbocycles. The minimum atomic E-state index is -1.95. The first-order chi connectivity index (χ1) is 35.4. The molecule has 7 aliphatic rings. The van der Waals surface area contributed by atoms with Crippen LogP contribution in [0.15, 0.2) is 11.6 Å². The molecule has 2 saturated heterocycles. The molecule has 0 spiro atoms. The van der Waals surface area contributed by atoms with E-state index >= 15 is 0 Å². The Morgan fingerprint density at radius 2 is 1.03 bits per heavy atom. The lowest BCUT2D eigenvalue weighted by Gasteiger charge is -2.71. The summed E-state index contributed by atoms with van der Waals surface area (Å²) in [6.07, 6.45) is -6.49. The third-order valence-electron chi connectivity index (χ3n) is 19.4. The van der Waals surface area contributed by atoms with Gasteiger partial charge in [-0.3, -0.25) is 28.8 Å². The van der Waals surface area contributed by atoms with Crippen LogP contribution in [0, 0.1) is 50.2 Å². The second-order valence-corrected chi connectivity index (χ2v) is 24.6. The summed E-state index contributed by atoms with van der Waals surface area (Å²) in [6, 6.07) is 0. The Hall–Kier alpha value is -4.66. The standard InChI is InChI=1S/C56H82O20/c1-28(57)67-27-52(9)22-23-53(10)24-25-55(12)34(35(53)26-52)16-17-37-54(11)20-19-38(51(7,8)36(54)18-21-56(37,55)13)73-49-46(42(71-32(5)61)40(69-30(3)59)43(74-49)47(63)65-14)76-50-45(72-33(6)62)41(70-31(4)60)39(68-29(2)58)44(75-50)48(64)66-15/h16,35-46,49-50H,17-27H2,1-15H3/t35-,36-,37+,38-,39-,40-,41-,42-,43-,44-,45+,46+,49-,50-,52-,53+,54-,55+,56+/m0/s1. The highest BCUT2D eigenvalue weighted by Gasteiger charge is 2.69. The first-order valence-electron chi connectivity index (χ1n) is 26.9. The van der Waals surface area contributed by atoms with Crippen molar-refractivity contribution in [2.75, 3.05) is 20.8 Å². The number of hydrogen-bond acceptors (Lipinski definition) is 20. The lowest BCUT2D eigenvalue weighted by molar-refractivity contribution is -0.372. The van der Waals surface area contributed by atoms with E-state index in [-0.39, 0.29) is 39.0 Å². The van der Waals surface area contributed by atoms with Crippen molar-refractivity contribution < 1.29 is 95.2 Å². The minimum Gasteiger partial charge on any atom is -0.467 e. The van der Waals surface area contributed by atoms with Crippen molar-refractivity contribution in [1.82, 2.24) is 0 Å². The van der Waals surface area contributed by atoms with Gasteiger partial charge in [0.2, 0.25) is 6.29 Å². The van der Waals surface area contributed by atoms with E-state index in [9.17, 15) is 38.4 Å². The van der Waals surface area contributed by atoms with E-state index in [0.29, 0.717) is 24.9 Å². The molecule has 0 aromatic heterocycles. The lowest BCUT2D eigenvalue weighted by atomic mass is 9.33. The van der Waals surface area contributed by atoms with Crippen LogP contribution in [0.5, 0.6) is 0 Å². The Labute approximate surface area is 446 Å². The van der Waals surface area contributed by atoms with Crippen molar-refractivity contribution in [1.29, 1.82) is 0 Å². The largest absolute Gasteiger partial charge is 0.467 e. The van der Waals surface area contributed by atoms with Gasteiger partial charge in [-0.1, -0.05) is 60.1 Å². The molecular formula is C56H82O20. The summed E-state index contributed by atoms with van der Waals surface area (Å²) in [5.41, 5.74) is 0.744. The van der Waals surface area contributed by atoms with Gasteiger partial charge in [0.15, 0.2) is 55.1 Å². The van der Waals surface area contributed by atoms with Crippen LogP contribution in [-0.4, -0.2) is 136 Å². The third kappa shape index (κ3) is 10.9. The van der Waals surface area contributed by atoms with Gasteiger partial charge in [0, 0.05) is 47.0 Å². The van der Waals surface area contributed by atoms with E-state index in [2.05, 4.69) is 54.5 Å². The molecule has 7 rings (SSSR count). The molecule has 2 aliphatic heterocycles. The van der Waals surface area contributed by atoms with Crippen LogP contribution >= 0.6 is 0 Å². The number of allylic oxidation sites excluding steroid dienone is 2. The number of rotatable bonds is 13. The SMILES string of the molecule is COC(=O)[C@H]1O[C@@H](O[C@H]2[C@@H](O[C@H]3CC[C@]4(C)[C@H]5CC=C6[C@@H]7C[C@@](C)(COC(C)=O)CC[C@]7(C)CC[C@@]6(C)[C@]5(C)CC[C@H]4C3(C)C)O[C@H](C(=O)OC)[C@@H](OC(C)=O)[C@@H]2OC(C)=O)[C@H](OC(C)=O)[C@@H](OC(C)=O)[C@@H]1OC(C)=O. The van der Waals surface area contributed by atoms with Gasteiger partial charge in [0.05, 0.1) is 26.9 Å². The number of carbonyl (C=O) groups excluding carboxylic acids is 8. The summed E-state index contributed by atoms with van der Waals surface area (Å²) < 4.78 is 70.5. The Kier molecular flexibility index (Phi) is 17.0. The molecule has 20 heteroatoms. The predicted molar refractivity (Wildman–Crippen MR) is 265 cm³/mol. The van der Waals surface area contributed by atoms with Crippen LogP contribution < -0.4 is 0 Å². The van der Waals surface area contributed by atoms with Crippen LogP contribution in [0.3, 0.4) is 0 Å². The highest BCUT2D eigenvalue weighted by molar-refractivity contribution is 5.78. The molecule has 19 atom stereocenters. The number of hydrogen-bond donors (Lipinski definition) is 0. The number of esters is 8. The summed E-state index contributed by atoms with van der Waals surface area (Å²) in [7, 11) is 2.14. The number of methoxy groups -OCH3 is 2. The highest BCUT2D eigenvalue weighted by Crippen LogP contribution is 2.76. The minimum absolute atomic E-state index is 0.0434. The van der Waals surface area contributed by atoms with E-state index in [0.717, 1.165) is 107 Å². The molecule has 0 bridgehead atoms. The summed E-state index contributed by atoms with van der Waals surface area (Å²) in [6.45, 7) is 23.7. The molecule has 2 heterocycles. The van der Waals surface area contributed by atoms with E-state index in [4.69, 9.17) is 56.8 Å². The van der Waals surface area contributed by atoms with Gasteiger partial charge < -0.3 is 56.8 Å². The topological polar surface area (TPSA) is 247 Å². The van der Waals surface area contributed by atoms with Crippen LogP contribution in [0.25, 0.3) is 0 Å². The van der Waals surface area contributed by atoms with Crippen molar-refractivity contribution >= 4 is 47.8 Å². The molecule has 0 N–H and O–H groups in total. The van der Waals surface area contributed by atoms with Crippen molar-refractivity contribution in [3.05, 3.63) is 11.6 Å². The molecule has 0 aromatic rings. The number of fused-ring (bicyclic) bond motifs is 7. The predicted octanol–water partition coefficient (Wildman–Crippen LogP) is 6.58. The molecule has 6 fully saturated rings. The van der Waals surface area contributed by atoms with Crippen LogP contribution in [0.1, 0.15) is 154 Å². The van der Waals surface area contributed by atoms with Gasteiger partial charge in [-0.2, -0.15) is 0 Å². The number of carbonyl (C=O) groups is 8. The van der Waals surface area contributed by atoms with Crippen molar-refractivity contribution in [2.24, 2.45) is 50.2 Å². The van der Waals surface area contributed by atoms with E-state index < -0.39 is 115 Å². The molecule has 426 valence electrons. The lowest BCUT2D eigenvalue weighted by Crippen LogP contribution is -2.69. The van der Waals surface area contributed by atoms with Crippen molar-refractivity contribution in [2.45, 2.75) is 222 Å². The average molecular weight is 1080 g/mol. The molecule has 76 heavy (non-hydrogen) atoms. The fraction of sp³-hybridized carbons (Fsp3) is 0.821. The zero-order chi connectivity index (χ0) is 56.2. The van der Waals surface area contributed by atoms with Crippen LogP contribution in [0.4, 0.5) is 0 Å². The van der Waals surface area contributed by atoms with Crippen LogP contribution in [-0.2, 0) is 95.2 Å². The summed E-state index contributed by atoms with van der Waals surface area (Å²) in [5, 5.41) is 0. The van der Waals surface area contributed by atoms with Gasteiger partial charge in [0.25, 0.3) is 0 Å². The molecular weight excluding hydrogens is 993 g/mol. The van der Waals surface area contributed by atoms with E-state index in [1.165, 1.54) is 6.92 Å². The normalized spacial score (nSPS) is 42.3. The Balaban J connectivity index is 1.26. The molecule has 0 unspecified atom stereocenters. The second kappa shape index (κ2) is 21.9. The van der Waals surface area contributed by atoms with Gasteiger partial charge >= 0.3 is 47.8 Å². The summed E-state index contributed by atoms with van der Waals surface area (Å²) >= 11 is 0. The van der Waals surface area contributed by atoms with Crippen molar-refractivity contribution in [3.63, 3.8) is 0 Å². The highest BCUT2D eigenvalue weighted by atomic mass is 16.8. The second-order valence-electron chi connectivity index (χ2n) is 24.6. The molecule has 5 aliphatic carbocycles. The first kappa shape index (κ1) is 59.0. The Bertz CT molecular complexity index is 2310. The molecule has 20 nitrogen and oxygen atoms in total. The smallest absolute Gasteiger partial charge is 0.339 e. The molecule has 0 radical (unpaired) electrons. The zero-order valence-corrected chi connectivity index (χ0v) is 47.1. The Morgan fingerprint density at radius 3 is 1.54 bits per heavy atom. The fourth-order valence-corrected chi connectivity index (χ4v) is 15.6. The maximum Gasteiger partial charge on any atom is 0.339 e. The van der Waals surface area contributed by atoms with E-state index in [1.807, 2.05) is 0 Å². The monoisotopic (exact) mass is 1070 g/mol. The summed E-state index contributed by atoms with van der Waals surface area (Å²) in [5.74, 6) is -6.16. The Morgan fingerprint density at radius 1 is 0.539 bits per heavy atom. The zero-order valence-electron chi connectivity index (χ0n) is 47.1. The summed E-state index contributed by atoms with van der Waals surface area (Å²) in [4.78, 5) is 103. The maximum atomic E-state index is 13.7. The van der Waals surface area contributed by atoms with Gasteiger partial charge in [-0.25, -0.2) is 9.59 Å². The first-order valence-corrected chi connectivity index (χ1v) is 26.9. The average Bonchev–Trinajstić information content (AvgIpc) is 3.48. The van der Waals surface area contributed by atoms with Crippen LogP contribution in [0.2, 0.25) is 0 Å². The number of ether oxygens (including phenoxy) is 12. The van der Waals surface area contributed by atoms with Gasteiger partial charge in [-0.05, 0) is 109 Å². The molecule has 0 amide bonds. The van der Waals surface area contributed by atoms with Gasteiger partial charge in [0.1, 0.15) is 0 Å².